The Morgan fingerprint density at radius 3 is 2.60 bits per heavy atom. The second-order valence-electron chi connectivity index (χ2n) is 7.25. The lowest BCUT2D eigenvalue weighted by molar-refractivity contribution is -0.131. The van der Waals surface area contributed by atoms with Crippen molar-refractivity contribution in [1.29, 1.82) is 0 Å². The van der Waals surface area contributed by atoms with Crippen LogP contribution in [0.25, 0.3) is 0 Å². The molecular weight excluding hydrogens is 472 g/mol. The highest BCUT2D eigenvalue weighted by Crippen LogP contribution is 2.38. The number of likely N-dealkylation sites (tertiary alicyclic amines) is 1. The predicted molar refractivity (Wildman–Crippen MR) is 115 cm³/mol. The quantitative estimate of drug-likeness (QED) is 0.665. The van der Waals surface area contributed by atoms with Crippen LogP contribution in [0.4, 0.5) is 0 Å². The van der Waals surface area contributed by atoms with E-state index in [0.29, 0.717) is 25.5 Å². The number of sulfonamides is 1. The van der Waals surface area contributed by atoms with E-state index in [-0.39, 0.29) is 29.8 Å². The SMILES string of the molecule is O=C(CCNS(=O)(=O)c1ccc(Br)cc1)N1CCC[C@H]1c1ccc2c(c1)OCCO2. The second kappa shape index (κ2) is 8.95. The number of nitrogens with zero attached hydrogens (tertiary/aromatic N) is 1. The zero-order valence-electron chi connectivity index (χ0n) is 16.3. The molecule has 0 saturated carbocycles. The Bertz CT molecular complexity index is 1030. The number of nitrogens with one attached hydrogen (secondary N) is 1. The number of amides is 1. The Balaban J connectivity index is 1.37. The molecule has 2 heterocycles. The van der Waals surface area contributed by atoms with Crippen molar-refractivity contribution in [3.05, 3.63) is 52.5 Å². The van der Waals surface area contributed by atoms with E-state index in [4.69, 9.17) is 9.47 Å². The van der Waals surface area contributed by atoms with E-state index in [1.54, 1.807) is 12.1 Å². The Morgan fingerprint density at radius 2 is 1.83 bits per heavy atom. The van der Waals surface area contributed by atoms with E-state index in [1.165, 1.54) is 12.1 Å². The largest absolute Gasteiger partial charge is 0.486 e. The number of rotatable bonds is 6. The standard InChI is InChI=1S/C21H23BrN2O5S/c22-16-4-6-17(7-5-16)30(26,27)23-10-9-21(25)24-11-1-2-18(24)15-3-8-19-20(14-15)29-13-12-28-19/h3-8,14,18,23H,1-2,9-13H2/t18-/m0/s1. The molecule has 2 aliphatic heterocycles. The van der Waals surface area contributed by atoms with Gasteiger partial charge in [0.25, 0.3) is 0 Å². The summed E-state index contributed by atoms with van der Waals surface area (Å²) in [7, 11) is -3.64. The fourth-order valence-corrected chi connectivity index (χ4v) is 5.11. The van der Waals surface area contributed by atoms with Gasteiger partial charge in [-0.2, -0.15) is 0 Å². The first-order chi connectivity index (χ1) is 14.4. The van der Waals surface area contributed by atoms with Gasteiger partial charge in [-0.15, -0.1) is 0 Å². The molecule has 0 radical (unpaired) electrons. The van der Waals surface area contributed by atoms with Crippen LogP contribution in [0.2, 0.25) is 0 Å². The third kappa shape index (κ3) is 4.63. The van der Waals surface area contributed by atoms with Crippen molar-refractivity contribution >= 4 is 31.9 Å². The minimum absolute atomic E-state index is 0.0311. The molecule has 1 saturated heterocycles. The van der Waals surface area contributed by atoms with Gasteiger partial charge >= 0.3 is 0 Å². The molecule has 30 heavy (non-hydrogen) atoms. The number of fused-ring (bicyclic) bond motifs is 1. The lowest BCUT2D eigenvalue weighted by atomic mass is 10.0. The summed E-state index contributed by atoms with van der Waals surface area (Å²) < 4.78 is 39.3. The molecule has 2 aliphatic rings. The zero-order valence-corrected chi connectivity index (χ0v) is 18.7. The first-order valence-corrected chi connectivity index (χ1v) is 12.2. The summed E-state index contributed by atoms with van der Waals surface area (Å²) in [6.45, 7) is 1.78. The molecular formula is C21H23BrN2O5S. The Kier molecular flexibility index (Phi) is 6.31. The van der Waals surface area contributed by atoms with Crippen molar-refractivity contribution in [3.63, 3.8) is 0 Å². The van der Waals surface area contributed by atoms with E-state index >= 15 is 0 Å². The van der Waals surface area contributed by atoms with Gasteiger partial charge in [0.15, 0.2) is 11.5 Å². The summed E-state index contributed by atoms with van der Waals surface area (Å²) in [6.07, 6.45) is 1.89. The molecule has 0 aliphatic carbocycles. The van der Waals surface area contributed by atoms with Crippen LogP contribution in [0, 0.1) is 0 Å². The van der Waals surface area contributed by atoms with Crippen molar-refractivity contribution in [3.8, 4) is 11.5 Å². The molecule has 0 bridgehead atoms. The molecule has 1 atom stereocenters. The molecule has 7 nitrogen and oxygen atoms in total. The van der Waals surface area contributed by atoms with Crippen LogP contribution < -0.4 is 14.2 Å². The first kappa shape index (κ1) is 21.1. The monoisotopic (exact) mass is 494 g/mol. The number of benzene rings is 2. The molecule has 0 aromatic heterocycles. The number of ether oxygens (including phenoxy) is 2. The van der Waals surface area contributed by atoms with Gasteiger partial charge in [-0.3, -0.25) is 4.79 Å². The van der Waals surface area contributed by atoms with Crippen molar-refractivity contribution in [2.45, 2.75) is 30.2 Å². The van der Waals surface area contributed by atoms with Crippen LogP contribution in [0.3, 0.4) is 0 Å². The van der Waals surface area contributed by atoms with Gasteiger partial charge in [0.05, 0.1) is 10.9 Å². The van der Waals surface area contributed by atoms with E-state index in [1.807, 2.05) is 23.1 Å². The molecule has 2 aromatic rings. The minimum atomic E-state index is -3.64. The molecule has 2 aromatic carbocycles. The fourth-order valence-electron chi connectivity index (χ4n) is 3.81. The third-order valence-corrected chi connectivity index (χ3v) is 7.28. The lowest BCUT2D eigenvalue weighted by Crippen LogP contribution is -2.34. The smallest absolute Gasteiger partial charge is 0.240 e. The number of carbonyl (C=O) groups excluding carboxylic acids is 1. The van der Waals surface area contributed by atoms with Crippen LogP contribution in [0.15, 0.2) is 51.8 Å². The summed E-state index contributed by atoms with van der Waals surface area (Å²) >= 11 is 3.29. The number of carbonyl (C=O) groups is 1. The molecule has 1 fully saturated rings. The van der Waals surface area contributed by atoms with Crippen molar-refractivity contribution in [2.24, 2.45) is 0 Å². The maximum atomic E-state index is 12.8. The second-order valence-corrected chi connectivity index (χ2v) is 9.93. The zero-order chi connectivity index (χ0) is 21.1. The number of hydrogen-bond donors (Lipinski definition) is 1. The van der Waals surface area contributed by atoms with Gasteiger partial charge in [0.2, 0.25) is 15.9 Å². The topological polar surface area (TPSA) is 84.9 Å². The van der Waals surface area contributed by atoms with E-state index < -0.39 is 10.0 Å². The summed E-state index contributed by atoms with van der Waals surface area (Å²) in [5, 5.41) is 0. The maximum absolute atomic E-state index is 12.8. The third-order valence-electron chi connectivity index (χ3n) is 5.28. The maximum Gasteiger partial charge on any atom is 0.240 e. The molecule has 9 heteroatoms. The predicted octanol–water partition coefficient (Wildman–Crippen LogP) is 3.25. The molecule has 4 rings (SSSR count). The van der Waals surface area contributed by atoms with Crippen molar-refractivity contribution in [1.82, 2.24) is 9.62 Å². The number of halogens is 1. The van der Waals surface area contributed by atoms with Crippen LogP contribution in [0.5, 0.6) is 11.5 Å². The van der Waals surface area contributed by atoms with Gasteiger partial charge in [-0.1, -0.05) is 22.0 Å². The van der Waals surface area contributed by atoms with Crippen LogP contribution >= 0.6 is 15.9 Å². The van der Waals surface area contributed by atoms with E-state index in [0.717, 1.165) is 28.6 Å². The van der Waals surface area contributed by atoms with E-state index in [2.05, 4.69) is 20.7 Å². The lowest BCUT2D eigenvalue weighted by Gasteiger charge is -2.27. The Morgan fingerprint density at radius 1 is 1.10 bits per heavy atom. The first-order valence-electron chi connectivity index (χ1n) is 9.88. The summed E-state index contributed by atoms with van der Waals surface area (Å²) in [5.41, 5.74) is 1.01. The highest BCUT2D eigenvalue weighted by Gasteiger charge is 2.30. The minimum Gasteiger partial charge on any atom is -0.486 e. The van der Waals surface area contributed by atoms with Crippen LogP contribution in [-0.4, -0.2) is 45.5 Å². The van der Waals surface area contributed by atoms with Crippen molar-refractivity contribution in [2.75, 3.05) is 26.3 Å². The molecule has 160 valence electrons. The average Bonchev–Trinajstić information content (AvgIpc) is 3.23. The van der Waals surface area contributed by atoms with Crippen molar-refractivity contribution < 1.29 is 22.7 Å². The molecule has 0 unspecified atom stereocenters. The summed E-state index contributed by atoms with van der Waals surface area (Å²) in [5.74, 6) is 1.37. The normalized spacial score (nSPS) is 18.4. The molecule has 1 N–H and O–H groups in total. The molecule has 0 spiro atoms. The average molecular weight is 495 g/mol. The van der Waals surface area contributed by atoms with E-state index in [9.17, 15) is 13.2 Å². The van der Waals surface area contributed by atoms with Crippen LogP contribution in [-0.2, 0) is 14.8 Å². The summed E-state index contributed by atoms with van der Waals surface area (Å²) in [4.78, 5) is 14.8. The van der Waals surface area contributed by atoms with Gasteiger partial charge in [0.1, 0.15) is 13.2 Å². The highest BCUT2D eigenvalue weighted by molar-refractivity contribution is 9.10. The van der Waals surface area contributed by atoms with Gasteiger partial charge in [0, 0.05) is 24.0 Å². The van der Waals surface area contributed by atoms with Gasteiger partial charge in [-0.05, 0) is 54.8 Å². The highest BCUT2D eigenvalue weighted by atomic mass is 79.9. The van der Waals surface area contributed by atoms with Gasteiger partial charge < -0.3 is 14.4 Å². The molecule has 1 amide bonds. The van der Waals surface area contributed by atoms with Crippen LogP contribution in [0.1, 0.15) is 30.9 Å². The Labute approximate surface area is 184 Å². The fraction of sp³-hybridized carbons (Fsp3) is 0.381. The number of hydrogen-bond acceptors (Lipinski definition) is 5. The van der Waals surface area contributed by atoms with Gasteiger partial charge in [-0.25, -0.2) is 13.1 Å². The Hall–Kier alpha value is -2.10. The summed E-state index contributed by atoms with van der Waals surface area (Å²) in [6, 6.07) is 12.2.